The minimum atomic E-state index is -0.221. The molecule has 0 aromatic heterocycles. The average Bonchev–Trinajstić information content (AvgIpc) is 2.93. The molecule has 2 heteroatoms. The van der Waals surface area contributed by atoms with Gasteiger partial charge in [-0.2, -0.15) is 0 Å². The van der Waals surface area contributed by atoms with E-state index >= 15 is 0 Å². The minimum absolute atomic E-state index is 0.0796. The molecule has 4 aliphatic rings. The van der Waals surface area contributed by atoms with Crippen molar-refractivity contribution >= 4 is 5.97 Å². The summed E-state index contributed by atoms with van der Waals surface area (Å²) in [5.74, 6) is 3.57. The Bertz CT molecular complexity index is 542. The van der Waals surface area contributed by atoms with Gasteiger partial charge in [-0.15, -0.1) is 0 Å². The molecule has 4 saturated carbocycles. The first-order chi connectivity index (χ1) is 11.9. The van der Waals surface area contributed by atoms with Crippen LogP contribution < -0.4 is 0 Å². The van der Waals surface area contributed by atoms with Gasteiger partial charge in [0.05, 0.1) is 12.5 Å². The number of rotatable bonds is 2. The Labute approximate surface area is 154 Å². The highest BCUT2D eigenvalue weighted by Gasteiger charge is 2.66. The van der Waals surface area contributed by atoms with Crippen molar-refractivity contribution in [3.05, 3.63) is 0 Å². The standard InChI is InChI=1S/C23H38O2/c1-5-23(20(24)25-4)15-12-19-17-10-9-16-8-6-7-13-21(16,2)18(17)11-14-22(19,23)3/h16-19H,5-15H2,1-4H3/t16-,17-,18+,19+,21+,22+,23-/m1/s1. The van der Waals surface area contributed by atoms with Gasteiger partial charge in [-0.05, 0) is 92.3 Å². The van der Waals surface area contributed by atoms with Gasteiger partial charge in [0.25, 0.3) is 0 Å². The molecule has 0 aliphatic heterocycles. The van der Waals surface area contributed by atoms with Crippen LogP contribution in [0.1, 0.15) is 91.4 Å². The molecule has 7 atom stereocenters. The fourth-order valence-corrected chi connectivity index (χ4v) is 8.69. The van der Waals surface area contributed by atoms with Gasteiger partial charge >= 0.3 is 5.97 Å². The predicted octanol–water partition coefficient (Wildman–Crippen LogP) is 5.99. The lowest BCUT2D eigenvalue weighted by Crippen LogP contribution is -2.55. The van der Waals surface area contributed by atoms with Gasteiger partial charge in [0.2, 0.25) is 0 Å². The summed E-state index contributed by atoms with van der Waals surface area (Å²) < 4.78 is 5.35. The van der Waals surface area contributed by atoms with Crippen LogP contribution in [0.4, 0.5) is 0 Å². The zero-order valence-electron chi connectivity index (χ0n) is 16.9. The maximum Gasteiger partial charge on any atom is 0.312 e. The van der Waals surface area contributed by atoms with Crippen molar-refractivity contribution in [2.75, 3.05) is 7.11 Å². The van der Waals surface area contributed by atoms with Crippen LogP contribution >= 0.6 is 0 Å². The highest BCUT2D eigenvalue weighted by Crippen LogP contribution is 2.71. The molecule has 0 N–H and O–H groups in total. The molecule has 0 radical (unpaired) electrons. The molecule has 0 amide bonds. The van der Waals surface area contributed by atoms with E-state index in [0.717, 1.165) is 36.5 Å². The van der Waals surface area contributed by atoms with Gasteiger partial charge < -0.3 is 4.74 Å². The molecular formula is C23H38O2. The fraction of sp³-hybridized carbons (Fsp3) is 0.957. The van der Waals surface area contributed by atoms with Crippen molar-refractivity contribution in [3.63, 3.8) is 0 Å². The van der Waals surface area contributed by atoms with Crippen LogP contribution in [0.15, 0.2) is 0 Å². The lowest BCUT2D eigenvalue weighted by molar-refractivity contribution is -0.171. The van der Waals surface area contributed by atoms with Gasteiger partial charge in [0.1, 0.15) is 0 Å². The summed E-state index contributed by atoms with van der Waals surface area (Å²) in [4.78, 5) is 12.9. The van der Waals surface area contributed by atoms with Crippen LogP contribution in [0.2, 0.25) is 0 Å². The number of methoxy groups -OCH3 is 1. The summed E-state index contributed by atoms with van der Waals surface area (Å²) in [6.07, 6.45) is 14.5. The molecular weight excluding hydrogens is 308 g/mol. The van der Waals surface area contributed by atoms with Crippen molar-refractivity contribution in [1.82, 2.24) is 0 Å². The molecule has 4 fully saturated rings. The number of fused-ring (bicyclic) bond motifs is 5. The largest absolute Gasteiger partial charge is 0.469 e. The van der Waals surface area contributed by atoms with Gasteiger partial charge in [-0.3, -0.25) is 4.79 Å². The summed E-state index contributed by atoms with van der Waals surface area (Å²) in [7, 11) is 1.59. The van der Waals surface area contributed by atoms with Crippen LogP contribution in [-0.2, 0) is 9.53 Å². The lowest BCUT2D eigenvalue weighted by Gasteiger charge is -2.61. The Balaban J connectivity index is 1.67. The smallest absolute Gasteiger partial charge is 0.312 e. The molecule has 4 aliphatic carbocycles. The average molecular weight is 347 g/mol. The lowest BCUT2D eigenvalue weighted by atomic mass is 9.43. The van der Waals surface area contributed by atoms with Crippen molar-refractivity contribution in [2.24, 2.45) is 39.9 Å². The first-order valence-corrected chi connectivity index (χ1v) is 11.0. The van der Waals surface area contributed by atoms with Gasteiger partial charge in [-0.1, -0.05) is 33.6 Å². The van der Waals surface area contributed by atoms with Gasteiger partial charge in [-0.25, -0.2) is 0 Å². The highest BCUT2D eigenvalue weighted by molar-refractivity contribution is 5.78. The number of hydrogen-bond acceptors (Lipinski definition) is 2. The first-order valence-electron chi connectivity index (χ1n) is 11.0. The normalized spacial score (nSPS) is 52.0. The predicted molar refractivity (Wildman–Crippen MR) is 101 cm³/mol. The van der Waals surface area contributed by atoms with E-state index in [4.69, 9.17) is 4.74 Å². The molecule has 0 saturated heterocycles. The Morgan fingerprint density at radius 3 is 2.44 bits per heavy atom. The third-order valence-corrected chi connectivity index (χ3v) is 10.1. The second kappa shape index (κ2) is 5.99. The van der Waals surface area contributed by atoms with Crippen LogP contribution in [0.5, 0.6) is 0 Å². The third kappa shape index (κ3) is 2.18. The summed E-state index contributed by atoms with van der Waals surface area (Å²) in [6.45, 7) is 7.31. The van der Waals surface area contributed by atoms with Crippen LogP contribution in [0, 0.1) is 39.9 Å². The van der Waals surface area contributed by atoms with Crippen molar-refractivity contribution < 1.29 is 9.53 Å². The third-order valence-electron chi connectivity index (χ3n) is 10.1. The summed E-state index contributed by atoms with van der Waals surface area (Å²) in [5, 5.41) is 0. The van der Waals surface area contributed by atoms with E-state index < -0.39 is 0 Å². The van der Waals surface area contributed by atoms with Gasteiger partial charge in [0, 0.05) is 0 Å². The maximum absolute atomic E-state index is 12.9. The Morgan fingerprint density at radius 2 is 1.72 bits per heavy atom. The maximum atomic E-state index is 12.9. The monoisotopic (exact) mass is 346 g/mol. The van der Waals surface area contributed by atoms with Crippen molar-refractivity contribution in [2.45, 2.75) is 91.4 Å². The topological polar surface area (TPSA) is 26.3 Å². The van der Waals surface area contributed by atoms with Crippen molar-refractivity contribution in [3.8, 4) is 0 Å². The SMILES string of the molecule is CC[C@]1(C(=O)OC)CC[C@H]2[C@@H]3CC[C@H]4CCCC[C@]4(C)[C@H]3CC[C@@]21C. The van der Waals surface area contributed by atoms with Gasteiger partial charge in [0.15, 0.2) is 0 Å². The Hall–Kier alpha value is -0.530. The first kappa shape index (κ1) is 17.9. The molecule has 0 unspecified atom stereocenters. The van der Waals surface area contributed by atoms with Crippen LogP contribution in [0.3, 0.4) is 0 Å². The molecule has 0 aromatic carbocycles. The Morgan fingerprint density at radius 1 is 0.960 bits per heavy atom. The molecule has 142 valence electrons. The molecule has 25 heavy (non-hydrogen) atoms. The molecule has 0 heterocycles. The summed E-state index contributed by atoms with van der Waals surface area (Å²) >= 11 is 0. The number of hydrogen-bond donors (Lipinski definition) is 0. The number of carbonyl (C=O) groups is 1. The molecule has 0 bridgehead atoms. The number of esters is 1. The molecule has 4 rings (SSSR count). The minimum Gasteiger partial charge on any atom is -0.469 e. The van der Waals surface area contributed by atoms with E-state index in [0.29, 0.717) is 5.41 Å². The fourth-order valence-electron chi connectivity index (χ4n) is 8.69. The van der Waals surface area contributed by atoms with E-state index in [1.165, 1.54) is 57.8 Å². The quantitative estimate of drug-likeness (QED) is 0.574. The number of carbonyl (C=O) groups excluding carboxylic acids is 1. The van der Waals surface area contributed by atoms with Crippen LogP contribution in [0.25, 0.3) is 0 Å². The van der Waals surface area contributed by atoms with E-state index in [1.54, 1.807) is 7.11 Å². The van der Waals surface area contributed by atoms with E-state index in [-0.39, 0.29) is 16.8 Å². The van der Waals surface area contributed by atoms with E-state index in [9.17, 15) is 4.79 Å². The number of ether oxygens (including phenoxy) is 1. The molecule has 2 nitrogen and oxygen atoms in total. The van der Waals surface area contributed by atoms with E-state index in [2.05, 4.69) is 20.8 Å². The van der Waals surface area contributed by atoms with Crippen molar-refractivity contribution in [1.29, 1.82) is 0 Å². The summed E-state index contributed by atoms with van der Waals surface area (Å²) in [6, 6.07) is 0. The van der Waals surface area contributed by atoms with E-state index in [1.807, 2.05) is 0 Å². The zero-order valence-corrected chi connectivity index (χ0v) is 16.9. The molecule has 0 aromatic rings. The molecule has 0 spiro atoms. The highest BCUT2D eigenvalue weighted by atomic mass is 16.5. The second-order valence-electron chi connectivity index (χ2n) is 10.3. The second-order valence-corrected chi connectivity index (χ2v) is 10.3. The Kier molecular flexibility index (Phi) is 4.28. The summed E-state index contributed by atoms with van der Waals surface area (Å²) in [5.41, 5.74) is 0.529. The van der Waals surface area contributed by atoms with Crippen LogP contribution in [-0.4, -0.2) is 13.1 Å². The zero-order chi connectivity index (χ0) is 17.9.